The summed E-state index contributed by atoms with van der Waals surface area (Å²) in [5.41, 5.74) is 4.62. The monoisotopic (exact) mass is 661 g/mol. The molecule has 11 heteroatoms. The average molecular weight is 663 g/mol. The van der Waals surface area contributed by atoms with Crippen molar-refractivity contribution in [2.45, 2.75) is 19.3 Å². The zero-order chi connectivity index (χ0) is 31.2. The number of pyridine rings is 2. The molecule has 0 aliphatic rings. The fraction of sp³-hybridized carbons (Fsp3) is 0.0857. The van der Waals surface area contributed by atoms with E-state index in [4.69, 9.17) is 42.6 Å². The summed E-state index contributed by atoms with van der Waals surface area (Å²) in [6, 6.07) is 33.5. The smallest absolute Gasteiger partial charge is 1.00 e. The number of halogens is 2. The van der Waals surface area contributed by atoms with Gasteiger partial charge in [-0.05, 0) is 71.8 Å². The largest absolute Gasteiger partial charge is 1.00 e. The maximum absolute atomic E-state index is 11.0. The van der Waals surface area contributed by atoms with Crippen LogP contribution in [0.15, 0.2) is 114 Å². The summed E-state index contributed by atoms with van der Waals surface area (Å²) in [6.45, 7) is 0.545. The predicted octanol–water partition coefficient (Wildman–Crippen LogP) is 5.54. The summed E-state index contributed by atoms with van der Waals surface area (Å²) in [5.74, 6) is 0.0519. The Morgan fingerprint density at radius 2 is 1.15 bits per heavy atom. The van der Waals surface area contributed by atoms with E-state index < -0.39 is 12.1 Å². The number of benzene rings is 4. The molecule has 0 aliphatic heterocycles. The van der Waals surface area contributed by atoms with E-state index in [2.05, 4.69) is 15.1 Å². The second-order valence-electron chi connectivity index (χ2n) is 10.1. The summed E-state index contributed by atoms with van der Waals surface area (Å²) < 4.78 is 11.9. The van der Waals surface area contributed by atoms with Crippen molar-refractivity contribution in [3.8, 4) is 11.5 Å². The van der Waals surface area contributed by atoms with Crippen LogP contribution >= 0.6 is 23.2 Å². The van der Waals surface area contributed by atoms with Crippen LogP contribution in [0.3, 0.4) is 0 Å². The second kappa shape index (κ2) is 15.4. The van der Waals surface area contributed by atoms with Crippen molar-refractivity contribution >= 4 is 57.2 Å². The molecule has 0 amide bonds. The SMILES string of the molecule is O=C(O)C=NOC(c1ccc(OCc2ccc3ccc(Cl)cc3n2)cc1)c1ccc(OCc2ccc3ccc(Cl)cc3n2)cc1.[H-].[Na+]. The molecule has 6 aromatic rings. The maximum Gasteiger partial charge on any atom is 1.00 e. The van der Waals surface area contributed by atoms with E-state index >= 15 is 0 Å². The molecule has 2 heterocycles. The molecular weight excluding hydrogens is 636 g/mol. The van der Waals surface area contributed by atoms with Gasteiger partial charge in [-0.15, -0.1) is 0 Å². The Hall–Kier alpha value is -4.18. The van der Waals surface area contributed by atoms with Crippen LogP contribution in [0, 0.1) is 0 Å². The number of carboxylic acid groups (broad SMARTS) is 1. The van der Waals surface area contributed by atoms with Crippen molar-refractivity contribution in [2.75, 3.05) is 0 Å². The van der Waals surface area contributed by atoms with E-state index in [0.717, 1.165) is 44.3 Å². The number of rotatable bonds is 11. The van der Waals surface area contributed by atoms with Gasteiger partial charge in [-0.1, -0.05) is 76.9 Å². The number of oxime groups is 1. The summed E-state index contributed by atoms with van der Waals surface area (Å²) in [4.78, 5) is 25.9. The zero-order valence-electron chi connectivity index (χ0n) is 25.6. The minimum absolute atomic E-state index is 0. The van der Waals surface area contributed by atoms with Crippen molar-refractivity contribution in [3.63, 3.8) is 0 Å². The van der Waals surface area contributed by atoms with Crippen LogP contribution in [0.5, 0.6) is 11.5 Å². The molecule has 6 rings (SSSR count). The van der Waals surface area contributed by atoms with E-state index in [9.17, 15) is 4.79 Å². The van der Waals surface area contributed by atoms with Gasteiger partial charge in [0.1, 0.15) is 24.7 Å². The minimum Gasteiger partial charge on any atom is -1.00 e. The molecule has 0 unspecified atom stereocenters. The Kier molecular flexibility index (Phi) is 11.1. The summed E-state index contributed by atoms with van der Waals surface area (Å²) in [5, 5.41) is 15.9. The maximum atomic E-state index is 11.0. The predicted molar refractivity (Wildman–Crippen MR) is 175 cm³/mol. The van der Waals surface area contributed by atoms with Gasteiger partial charge in [0, 0.05) is 20.8 Å². The number of carboxylic acids is 1. The number of fused-ring (bicyclic) bond motifs is 2. The first-order chi connectivity index (χ1) is 21.9. The second-order valence-corrected chi connectivity index (χ2v) is 10.9. The van der Waals surface area contributed by atoms with Crippen LogP contribution in [-0.4, -0.2) is 27.3 Å². The van der Waals surface area contributed by atoms with Crippen molar-refractivity contribution in [3.05, 3.63) is 142 Å². The van der Waals surface area contributed by atoms with E-state index in [1.54, 1.807) is 0 Å². The Morgan fingerprint density at radius 1 is 0.717 bits per heavy atom. The van der Waals surface area contributed by atoms with Crippen molar-refractivity contribution in [1.82, 2.24) is 9.97 Å². The molecule has 1 N–H and O–H groups in total. The Bertz CT molecular complexity index is 1880. The molecule has 0 saturated carbocycles. The van der Waals surface area contributed by atoms with E-state index in [-0.39, 0.29) is 44.2 Å². The third-order valence-electron chi connectivity index (χ3n) is 6.89. The zero-order valence-corrected chi connectivity index (χ0v) is 28.2. The van der Waals surface area contributed by atoms with Gasteiger partial charge in [0.15, 0.2) is 12.3 Å². The number of nitrogens with zero attached hydrogens (tertiary/aromatic N) is 3. The van der Waals surface area contributed by atoms with Crippen LogP contribution in [0.1, 0.15) is 30.0 Å². The Balaban J connectivity index is 0.00000250. The van der Waals surface area contributed by atoms with Crippen molar-refractivity contribution in [2.24, 2.45) is 5.16 Å². The summed E-state index contributed by atoms with van der Waals surface area (Å²) in [7, 11) is 0. The molecule has 8 nitrogen and oxygen atoms in total. The molecule has 4 aromatic carbocycles. The molecule has 46 heavy (non-hydrogen) atoms. The number of hydrogen-bond donors (Lipinski definition) is 1. The molecule has 0 radical (unpaired) electrons. The van der Waals surface area contributed by atoms with Gasteiger partial charge in [-0.25, -0.2) is 14.8 Å². The van der Waals surface area contributed by atoms with E-state index in [1.807, 2.05) is 109 Å². The van der Waals surface area contributed by atoms with Crippen LogP contribution in [0.25, 0.3) is 21.8 Å². The Labute approximate surface area is 298 Å². The van der Waals surface area contributed by atoms with Gasteiger partial charge in [-0.3, -0.25) is 0 Å². The number of aromatic nitrogens is 2. The third-order valence-corrected chi connectivity index (χ3v) is 7.36. The number of hydrogen-bond acceptors (Lipinski definition) is 7. The average Bonchev–Trinajstić information content (AvgIpc) is 3.05. The molecule has 0 bridgehead atoms. The van der Waals surface area contributed by atoms with Gasteiger partial charge in [0.2, 0.25) is 0 Å². The topological polar surface area (TPSA) is 103 Å². The fourth-order valence-electron chi connectivity index (χ4n) is 4.67. The third kappa shape index (κ3) is 8.54. The normalized spacial score (nSPS) is 11.1. The van der Waals surface area contributed by atoms with Crippen molar-refractivity contribution < 1.29 is 55.2 Å². The number of aliphatic carboxylic acids is 1. The molecular formula is C35H26Cl2N3NaO5. The summed E-state index contributed by atoms with van der Waals surface area (Å²) in [6.07, 6.45) is 0.0256. The first-order valence-electron chi connectivity index (χ1n) is 13.9. The molecule has 0 aliphatic carbocycles. The molecule has 0 spiro atoms. The standard InChI is InChI=1S/C35H25Cl2N3O5.Na.H/c36-26-9-1-22-3-11-28(39-32(22)17-26)20-43-30-13-5-24(6-14-30)35(45-38-19-34(41)42)25-7-15-31(16-8-25)44-21-29-12-4-23-2-10-27(37)18-33(23)40-29;;/h1-19,35H,20-21H2,(H,41,42);;/q;+1;-1. The van der Waals surface area contributed by atoms with E-state index in [0.29, 0.717) is 27.8 Å². The molecule has 0 fully saturated rings. The number of ether oxygens (including phenoxy) is 2. The molecule has 0 atom stereocenters. The van der Waals surface area contributed by atoms with Gasteiger partial charge < -0.3 is 20.8 Å². The van der Waals surface area contributed by atoms with Gasteiger partial charge >= 0.3 is 35.5 Å². The Morgan fingerprint density at radius 3 is 1.59 bits per heavy atom. The number of carbonyl (C=O) groups is 1. The molecule has 226 valence electrons. The van der Waals surface area contributed by atoms with Crippen molar-refractivity contribution in [1.29, 1.82) is 0 Å². The van der Waals surface area contributed by atoms with Crippen LogP contribution in [0.2, 0.25) is 10.0 Å². The van der Waals surface area contributed by atoms with E-state index in [1.165, 1.54) is 0 Å². The minimum atomic E-state index is -1.21. The molecule has 0 saturated heterocycles. The molecule has 2 aromatic heterocycles. The first kappa shape index (κ1) is 33.2. The van der Waals surface area contributed by atoms with Gasteiger partial charge in [-0.2, -0.15) is 0 Å². The fourth-order valence-corrected chi connectivity index (χ4v) is 5.00. The van der Waals surface area contributed by atoms with Crippen LogP contribution in [-0.2, 0) is 22.8 Å². The van der Waals surface area contributed by atoms with Gasteiger partial charge in [0.05, 0.1) is 22.4 Å². The van der Waals surface area contributed by atoms with Crippen LogP contribution in [0.4, 0.5) is 0 Å². The first-order valence-corrected chi connectivity index (χ1v) is 14.6. The van der Waals surface area contributed by atoms with Gasteiger partial charge in [0.25, 0.3) is 0 Å². The summed E-state index contributed by atoms with van der Waals surface area (Å²) >= 11 is 12.2. The quantitative estimate of drug-likeness (QED) is 0.110. The van der Waals surface area contributed by atoms with Crippen LogP contribution < -0.4 is 39.0 Å².